The molecule has 3 nitrogen and oxygen atoms in total. The molecule has 0 amide bonds. The molecule has 0 bridgehead atoms. The second-order valence-corrected chi connectivity index (χ2v) is 3.46. The maximum absolute atomic E-state index is 13.1. The molecule has 84 valence electrons. The van der Waals surface area contributed by atoms with E-state index in [1.54, 1.807) is 6.92 Å². The SMILES string of the molecule is Cc1cc(C#N)nc(-c2ccc(F)c(F)c2)n1. The summed E-state index contributed by atoms with van der Waals surface area (Å²) < 4.78 is 25.8. The standard InChI is InChI=1S/C12H7F2N3/c1-7-4-9(6-15)17-12(16-7)8-2-3-10(13)11(14)5-8/h2-5H,1H3. The van der Waals surface area contributed by atoms with Crippen molar-refractivity contribution in [1.29, 1.82) is 5.26 Å². The lowest BCUT2D eigenvalue weighted by Gasteiger charge is -2.02. The van der Waals surface area contributed by atoms with Crippen molar-refractivity contribution < 1.29 is 8.78 Å². The van der Waals surface area contributed by atoms with Gasteiger partial charge in [-0.2, -0.15) is 5.26 Å². The second kappa shape index (κ2) is 4.26. The van der Waals surface area contributed by atoms with E-state index in [4.69, 9.17) is 5.26 Å². The summed E-state index contributed by atoms with van der Waals surface area (Å²) in [7, 11) is 0. The van der Waals surface area contributed by atoms with Crippen LogP contribution in [0.3, 0.4) is 0 Å². The van der Waals surface area contributed by atoms with E-state index >= 15 is 0 Å². The van der Waals surface area contributed by atoms with Gasteiger partial charge in [-0.15, -0.1) is 0 Å². The molecule has 0 unspecified atom stereocenters. The summed E-state index contributed by atoms with van der Waals surface area (Å²) in [6, 6.07) is 6.78. The van der Waals surface area contributed by atoms with Crippen LogP contribution in [-0.4, -0.2) is 9.97 Å². The lowest BCUT2D eigenvalue weighted by atomic mass is 10.2. The highest BCUT2D eigenvalue weighted by atomic mass is 19.2. The van der Waals surface area contributed by atoms with Crippen molar-refractivity contribution in [1.82, 2.24) is 9.97 Å². The number of nitrogens with zero attached hydrogens (tertiary/aromatic N) is 3. The van der Waals surface area contributed by atoms with Gasteiger partial charge in [0.1, 0.15) is 11.8 Å². The molecule has 0 radical (unpaired) electrons. The molecule has 0 spiro atoms. The number of nitriles is 1. The highest BCUT2D eigenvalue weighted by molar-refractivity contribution is 5.55. The van der Waals surface area contributed by atoms with Crippen LogP contribution in [0.4, 0.5) is 8.78 Å². The van der Waals surface area contributed by atoms with Crippen molar-refractivity contribution >= 4 is 0 Å². The molecule has 0 aliphatic heterocycles. The maximum atomic E-state index is 13.1. The van der Waals surface area contributed by atoms with Crippen LogP contribution in [0.5, 0.6) is 0 Å². The number of aryl methyl sites for hydroxylation is 1. The zero-order chi connectivity index (χ0) is 12.4. The third kappa shape index (κ3) is 2.26. The quantitative estimate of drug-likeness (QED) is 0.757. The highest BCUT2D eigenvalue weighted by Gasteiger charge is 2.08. The van der Waals surface area contributed by atoms with Gasteiger partial charge < -0.3 is 0 Å². The first-order valence-corrected chi connectivity index (χ1v) is 4.81. The Morgan fingerprint density at radius 1 is 1.12 bits per heavy atom. The molecule has 1 aromatic heterocycles. The molecular weight excluding hydrogens is 224 g/mol. The number of aromatic nitrogens is 2. The number of hydrogen-bond acceptors (Lipinski definition) is 3. The van der Waals surface area contributed by atoms with E-state index in [1.807, 2.05) is 6.07 Å². The summed E-state index contributed by atoms with van der Waals surface area (Å²) in [4.78, 5) is 8.00. The Morgan fingerprint density at radius 2 is 1.88 bits per heavy atom. The van der Waals surface area contributed by atoms with Crippen LogP contribution < -0.4 is 0 Å². The van der Waals surface area contributed by atoms with Gasteiger partial charge in [0, 0.05) is 11.3 Å². The Kier molecular flexibility index (Phi) is 2.79. The van der Waals surface area contributed by atoms with Crippen molar-refractivity contribution in [2.45, 2.75) is 6.92 Å². The molecular formula is C12H7F2N3. The van der Waals surface area contributed by atoms with Gasteiger partial charge in [0.15, 0.2) is 17.5 Å². The van der Waals surface area contributed by atoms with Crippen LogP contribution in [0.25, 0.3) is 11.4 Å². The third-order valence-electron chi connectivity index (χ3n) is 2.15. The van der Waals surface area contributed by atoms with E-state index < -0.39 is 11.6 Å². The summed E-state index contributed by atoms with van der Waals surface area (Å²) in [5, 5.41) is 8.76. The van der Waals surface area contributed by atoms with Crippen LogP contribution in [0.2, 0.25) is 0 Å². The van der Waals surface area contributed by atoms with E-state index in [2.05, 4.69) is 9.97 Å². The largest absolute Gasteiger partial charge is 0.233 e. The molecule has 17 heavy (non-hydrogen) atoms. The van der Waals surface area contributed by atoms with Crippen molar-refractivity contribution in [3.8, 4) is 17.5 Å². The number of rotatable bonds is 1. The van der Waals surface area contributed by atoms with Gasteiger partial charge in [-0.3, -0.25) is 0 Å². The molecule has 2 rings (SSSR count). The summed E-state index contributed by atoms with van der Waals surface area (Å²) in [6.45, 7) is 1.70. The Bertz CT molecular complexity index is 618. The molecule has 0 aliphatic rings. The van der Waals surface area contributed by atoms with E-state index in [0.29, 0.717) is 11.3 Å². The van der Waals surface area contributed by atoms with E-state index in [0.717, 1.165) is 12.1 Å². The molecule has 0 saturated carbocycles. The van der Waals surface area contributed by atoms with Gasteiger partial charge in [0.25, 0.3) is 0 Å². The minimum atomic E-state index is -0.967. The molecule has 0 saturated heterocycles. The summed E-state index contributed by atoms with van der Waals surface area (Å²) in [6.07, 6.45) is 0. The predicted molar refractivity (Wildman–Crippen MR) is 56.8 cm³/mol. The summed E-state index contributed by atoms with van der Waals surface area (Å²) in [5.74, 6) is -1.69. The van der Waals surface area contributed by atoms with Crippen LogP contribution in [0.15, 0.2) is 24.3 Å². The van der Waals surface area contributed by atoms with Gasteiger partial charge >= 0.3 is 0 Å². The first-order chi connectivity index (χ1) is 8.10. The maximum Gasteiger partial charge on any atom is 0.160 e. The fourth-order valence-electron chi connectivity index (χ4n) is 1.39. The minimum absolute atomic E-state index is 0.192. The minimum Gasteiger partial charge on any atom is -0.233 e. The summed E-state index contributed by atoms with van der Waals surface area (Å²) in [5.41, 5.74) is 1.12. The van der Waals surface area contributed by atoms with Gasteiger partial charge in [-0.05, 0) is 31.2 Å². The molecule has 0 fully saturated rings. The van der Waals surface area contributed by atoms with Gasteiger partial charge in [0.2, 0.25) is 0 Å². The van der Waals surface area contributed by atoms with Gasteiger partial charge in [-0.25, -0.2) is 18.7 Å². The Labute approximate surface area is 96.4 Å². The zero-order valence-electron chi connectivity index (χ0n) is 8.91. The van der Waals surface area contributed by atoms with E-state index in [-0.39, 0.29) is 11.5 Å². The second-order valence-electron chi connectivity index (χ2n) is 3.46. The smallest absolute Gasteiger partial charge is 0.160 e. The number of hydrogen-bond donors (Lipinski definition) is 0. The first kappa shape index (κ1) is 11.1. The molecule has 5 heteroatoms. The Balaban J connectivity index is 2.56. The van der Waals surface area contributed by atoms with Crippen molar-refractivity contribution in [2.24, 2.45) is 0 Å². The van der Waals surface area contributed by atoms with Crippen LogP contribution in [0.1, 0.15) is 11.4 Å². The molecule has 1 aromatic carbocycles. The molecule has 0 aliphatic carbocycles. The van der Waals surface area contributed by atoms with E-state index in [9.17, 15) is 8.78 Å². The summed E-state index contributed by atoms with van der Waals surface area (Å²) >= 11 is 0. The fourth-order valence-corrected chi connectivity index (χ4v) is 1.39. The first-order valence-electron chi connectivity index (χ1n) is 4.81. The van der Waals surface area contributed by atoms with Crippen molar-refractivity contribution in [3.05, 3.63) is 47.3 Å². The monoisotopic (exact) mass is 231 g/mol. The van der Waals surface area contributed by atoms with Crippen LogP contribution >= 0.6 is 0 Å². The average Bonchev–Trinajstić information content (AvgIpc) is 2.32. The average molecular weight is 231 g/mol. The molecule has 0 atom stereocenters. The predicted octanol–water partition coefficient (Wildman–Crippen LogP) is 2.60. The van der Waals surface area contributed by atoms with E-state index in [1.165, 1.54) is 12.1 Å². The molecule has 1 heterocycles. The number of benzene rings is 1. The van der Waals surface area contributed by atoms with Crippen molar-refractivity contribution in [2.75, 3.05) is 0 Å². The zero-order valence-corrected chi connectivity index (χ0v) is 8.91. The normalized spacial score (nSPS) is 10.0. The topological polar surface area (TPSA) is 49.6 Å². The molecule has 0 N–H and O–H groups in total. The molecule has 2 aromatic rings. The van der Waals surface area contributed by atoms with Crippen molar-refractivity contribution in [3.63, 3.8) is 0 Å². The Hall–Kier alpha value is -2.35. The van der Waals surface area contributed by atoms with Gasteiger partial charge in [-0.1, -0.05) is 0 Å². The van der Waals surface area contributed by atoms with Crippen LogP contribution in [-0.2, 0) is 0 Å². The number of halogens is 2. The fraction of sp³-hybridized carbons (Fsp3) is 0.0833. The van der Waals surface area contributed by atoms with Gasteiger partial charge in [0.05, 0.1) is 0 Å². The lowest BCUT2D eigenvalue weighted by Crippen LogP contribution is -1.96. The third-order valence-corrected chi connectivity index (χ3v) is 2.15. The highest BCUT2D eigenvalue weighted by Crippen LogP contribution is 2.18. The lowest BCUT2D eigenvalue weighted by molar-refractivity contribution is 0.509. The Morgan fingerprint density at radius 3 is 2.53 bits per heavy atom. The van der Waals surface area contributed by atoms with Crippen LogP contribution in [0, 0.1) is 29.9 Å².